The van der Waals surface area contributed by atoms with Crippen LogP contribution in [0.4, 0.5) is 11.5 Å². The molecule has 2 aromatic carbocycles. The minimum Gasteiger partial charge on any atom is -0.363 e. The van der Waals surface area contributed by atoms with E-state index in [0.717, 1.165) is 40.7 Å². The van der Waals surface area contributed by atoms with Crippen molar-refractivity contribution in [1.29, 1.82) is 0 Å². The first kappa shape index (κ1) is 19.2. The smallest absolute Gasteiger partial charge is 0.259 e. The molecule has 0 fully saturated rings. The fourth-order valence-corrected chi connectivity index (χ4v) is 4.53. The zero-order valence-corrected chi connectivity index (χ0v) is 17.5. The number of carbonyl (C=O) groups excluding carboxylic acids is 1. The van der Waals surface area contributed by atoms with Crippen LogP contribution in [0, 0.1) is 6.92 Å². The summed E-state index contributed by atoms with van der Waals surface area (Å²) in [4.78, 5) is 31.7. The Labute approximate surface area is 180 Å². The van der Waals surface area contributed by atoms with E-state index in [4.69, 9.17) is 0 Å². The van der Waals surface area contributed by atoms with E-state index in [-0.39, 0.29) is 18.0 Å². The zero-order chi connectivity index (χ0) is 21.4. The lowest BCUT2D eigenvalue weighted by molar-refractivity contribution is 0.0963. The highest BCUT2D eigenvalue weighted by Crippen LogP contribution is 2.33. The molecule has 156 valence electrons. The van der Waals surface area contributed by atoms with Crippen LogP contribution >= 0.6 is 0 Å². The van der Waals surface area contributed by atoms with E-state index >= 15 is 0 Å². The van der Waals surface area contributed by atoms with Crippen LogP contribution in [0.2, 0.25) is 0 Å². The largest absolute Gasteiger partial charge is 0.363 e. The number of hydrogen-bond acceptors (Lipinski definition) is 5. The predicted molar refractivity (Wildman–Crippen MR) is 121 cm³/mol. The summed E-state index contributed by atoms with van der Waals surface area (Å²) in [6.07, 6.45) is 4.71. The van der Waals surface area contributed by atoms with Crippen LogP contribution in [-0.2, 0) is 6.42 Å². The Balaban J connectivity index is 1.58. The standard InChI is InChI=1S/C24H24N6O/c1-3-18(29-23-21-22(26-13-25-21)27-14-28-23)19-12-16-9-7-8-15(2)20(16)24(31)30(19)17-10-5-4-6-11-17/h4-11,13-14,18-19H,3,12H2,1-2H3,(H2,25,26,27,28,29). The molecule has 2 N–H and O–H groups in total. The topological polar surface area (TPSA) is 86.8 Å². The number of benzene rings is 2. The van der Waals surface area contributed by atoms with Gasteiger partial charge in [0, 0.05) is 17.3 Å². The van der Waals surface area contributed by atoms with Gasteiger partial charge in [0.25, 0.3) is 5.91 Å². The van der Waals surface area contributed by atoms with Gasteiger partial charge >= 0.3 is 0 Å². The molecule has 2 atom stereocenters. The quantitative estimate of drug-likeness (QED) is 0.515. The minimum atomic E-state index is -0.0675. The van der Waals surface area contributed by atoms with Gasteiger partial charge in [-0.05, 0) is 43.0 Å². The summed E-state index contributed by atoms with van der Waals surface area (Å²) < 4.78 is 0. The lowest BCUT2D eigenvalue weighted by Crippen LogP contribution is -2.54. The van der Waals surface area contributed by atoms with Crippen molar-refractivity contribution in [3.05, 3.63) is 77.9 Å². The lowest BCUT2D eigenvalue weighted by atomic mass is 9.86. The maximum absolute atomic E-state index is 13.7. The third kappa shape index (κ3) is 3.32. The normalized spacial score (nSPS) is 16.9. The van der Waals surface area contributed by atoms with Crippen molar-refractivity contribution in [2.75, 3.05) is 10.2 Å². The second kappa shape index (κ2) is 7.83. The monoisotopic (exact) mass is 412 g/mol. The number of fused-ring (bicyclic) bond motifs is 2. The molecule has 5 rings (SSSR count). The molecule has 0 spiro atoms. The number of aromatic nitrogens is 4. The van der Waals surface area contributed by atoms with Crippen LogP contribution in [-0.4, -0.2) is 37.9 Å². The summed E-state index contributed by atoms with van der Waals surface area (Å²) in [6, 6.07) is 15.9. The maximum atomic E-state index is 13.7. The van der Waals surface area contributed by atoms with Crippen LogP contribution in [0.3, 0.4) is 0 Å². The average molecular weight is 412 g/mol. The number of rotatable bonds is 5. The number of H-pyrrole nitrogens is 1. The molecule has 7 nitrogen and oxygen atoms in total. The number of aromatic amines is 1. The van der Waals surface area contributed by atoms with Gasteiger partial charge in [-0.1, -0.05) is 43.3 Å². The van der Waals surface area contributed by atoms with Crippen molar-refractivity contribution < 1.29 is 4.79 Å². The molecule has 2 unspecified atom stereocenters. The van der Waals surface area contributed by atoms with Gasteiger partial charge in [0.2, 0.25) is 0 Å². The Hall–Kier alpha value is -3.74. The number of para-hydroxylation sites is 1. The second-order valence-corrected chi connectivity index (χ2v) is 7.87. The summed E-state index contributed by atoms with van der Waals surface area (Å²) in [5, 5.41) is 3.58. The third-order valence-corrected chi connectivity index (χ3v) is 6.04. The van der Waals surface area contributed by atoms with E-state index in [2.05, 4.69) is 38.2 Å². The van der Waals surface area contributed by atoms with Crippen LogP contribution in [0.25, 0.3) is 11.2 Å². The van der Waals surface area contributed by atoms with Crippen LogP contribution < -0.4 is 10.2 Å². The van der Waals surface area contributed by atoms with E-state index < -0.39 is 0 Å². The molecule has 0 saturated heterocycles. The second-order valence-electron chi connectivity index (χ2n) is 7.87. The summed E-state index contributed by atoms with van der Waals surface area (Å²) in [6.45, 7) is 4.13. The fraction of sp³-hybridized carbons (Fsp3) is 0.250. The highest BCUT2D eigenvalue weighted by molar-refractivity contribution is 6.09. The predicted octanol–water partition coefficient (Wildman–Crippen LogP) is 4.12. The fourth-order valence-electron chi connectivity index (χ4n) is 4.53. The van der Waals surface area contributed by atoms with Gasteiger partial charge in [0.1, 0.15) is 11.8 Å². The number of anilines is 2. The first-order valence-electron chi connectivity index (χ1n) is 10.5. The van der Waals surface area contributed by atoms with Gasteiger partial charge in [-0.15, -0.1) is 0 Å². The van der Waals surface area contributed by atoms with Crippen molar-refractivity contribution in [2.24, 2.45) is 0 Å². The summed E-state index contributed by atoms with van der Waals surface area (Å²) in [7, 11) is 0. The number of imidazole rings is 1. The summed E-state index contributed by atoms with van der Waals surface area (Å²) in [5.74, 6) is 0.745. The molecule has 0 aliphatic carbocycles. The van der Waals surface area contributed by atoms with Crippen molar-refractivity contribution >= 4 is 28.6 Å². The summed E-state index contributed by atoms with van der Waals surface area (Å²) in [5.41, 5.74) is 5.21. The van der Waals surface area contributed by atoms with E-state index in [1.807, 2.05) is 54.3 Å². The highest BCUT2D eigenvalue weighted by Gasteiger charge is 2.38. The SMILES string of the molecule is CCC(Nc1ncnc2nc[nH]c12)C1Cc2cccc(C)c2C(=O)N1c1ccccc1. The molecule has 0 bridgehead atoms. The third-order valence-electron chi connectivity index (χ3n) is 6.04. The Morgan fingerprint density at radius 2 is 1.97 bits per heavy atom. The first-order valence-corrected chi connectivity index (χ1v) is 10.5. The number of nitrogens with one attached hydrogen (secondary N) is 2. The van der Waals surface area contributed by atoms with Gasteiger partial charge in [0.15, 0.2) is 11.5 Å². The molecule has 1 aliphatic heterocycles. The van der Waals surface area contributed by atoms with Gasteiger partial charge < -0.3 is 15.2 Å². The first-order chi connectivity index (χ1) is 15.2. The molecule has 2 aromatic heterocycles. The molecule has 4 aromatic rings. The van der Waals surface area contributed by atoms with E-state index in [1.165, 1.54) is 6.33 Å². The number of carbonyl (C=O) groups is 1. The number of amides is 1. The van der Waals surface area contributed by atoms with Gasteiger partial charge in [-0.3, -0.25) is 4.79 Å². The Kier molecular flexibility index (Phi) is 4.86. The number of nitrogens with zero attached hydrogens (tertiary/aromatic N) is 4. The van der Waals surface area contributed by atoms with Gasteiger partial charge in [0.05, 0.1) is 12.4 Å². The van der Waals surface area contributed by atoms with Gasteiger partial charge in [-0.2, -0.15) is 0 Å². The van der Waals surface area contributed by atoms with Crippen molar-refractivity contribution in [3.63, 3.8) is 0 Å². The minimum absolute atomic E-state index is 0.0146. The van der Waals surface area contributed by atoms with E-state index in [9.17, 15) is 4.79 Å². The van der Waals surface area contributed by atoms with E-state index in [0.29, 0.717) is 11.5 Å². The van der Waals surface area contributed by atoms with Crippen LogP contribution in [0.15, 0.2) is 61.2 Å². The van der Waals surface area contributed by atoms with Crippen molar-refractivity contribution in [2.45, 2.75) is 38.8 Å². The molecule has 7 heteroatoms. The zero-order valence-electron chi connectivity index (χ0n) is 17.5. The number of hydrogen-bond donors (Lipinski definition) is 2. The lowest BCUT2D eigenvalue weighted by Gasteiger charge is -2.41. The average Bonchev–Trinajstić information content (AvgIpc) is 3.27. The Bertz CT molecular complexity index is 1240. The molecular weight excluding hydrogens is 388 g/mol. The Morgan fingerprint density at radius 1 is 1.13 bits per heavy atom. The Morgan fingerprint density at radius 3 is 2.77 bits per heavy atom. The molecule has 0 saturated carbocycles. The molecule has 0 radical (unpaired) electrons. The molecule has 1 aliphatic rings. The van der Waals surface area contributed by atoms with Crippen molar-refractivity contribution in [3.8, 4) is 0 Å². The van der Waals surface area contributed by atoms with E-state index in [1.54, 1.807) is 6.33 Å². The highest BCUT2D eigenvalue weighted by atomic mass is 16.2. The van der Waals surface area contributed by atoms with Crippen LogP contribution in [0.5, 0.6) is 0 Å². The number of aryl methyl sites for hydroxylation is 1. The summed E-state index contributed by atoms with van der Waals surface area (Å²) >= 11 is 0. The molecule has 3 heterocycles. The maximum Gasteiger partial charge on any atom is 0.259 e. The van der Waals surface area contributed by atoms with Crippen molar-refractivity contribution in [1.82, 2.24) is 19.9 Å². The molecular formula is C24H24N6O. The van der Waals surface area contributed by atoms with Gasteiger partial charge in [-0.25, -0.2) is 15.0 Å². The molecule has 31 heavy (non-hydrogen) atoms. The van der Waals surface area contributed by atoms with Crippen LogP contribution in [0.1, 0.15) is 34.8 Å². The molecule has 1 amide bonds.